The lowest BCUT2D eigenvalue weighted by Crippen LogP contribution is -2.49. The molecule has 1 saturated heterocycles. The molecule has 1 aromatic heterocycles. The van der Waals surface area contributed by atoms with Gasteiger partial charge in [-0.2, -0.15) is 13.2 Å². The van der Waals surface area contributed by atoms with E-state index in [1.807, 2.05) is 0 Å². The first kappa shape index (κ1) is 16.3. The van der Waals surface area contributed by atoms with Gasteiger partial charge < -0.3 is 14.4 Å². The fourth-order valence-electron chi connectivity index (χ4n) is 2.85. The Bertz CT molecular complexity index is 743. The van der Waals surface area contributed by atoms with Crippen molar-refractivity contribution in [2.45, 2.75) is 31.2 Å². The molecule has 1 fully saturated rings. The van der Waals surface area contributed by atoms with E-state index in [0.717, 1.165) is 9.37 Å². The quantitative estimate of drug-likeness (QED) is 0.848. The monoisotopic (exact) mass is 391 g/mol. The Balaban J connectivity index is 1.88. The SMILES string of the molecule is O=C(c1cc2cc(Br)ccc2o1)N1CCC[C@H]1[C@H](O)C(F)(F)F. The van der Waals surface area contributed by atoms with Gasteiger partial charge in [-0.1, -0.05) is 15.9 Å². The molecule has 0 spiro atoms. The summed E-state index contributed by atoms with van der Waals surface area (Å²) in [5.41, 5.74) is 0.476. The molecule has 1 N–H and O–H groups in total. The van der Waals surface area contributed by atoms with Crippen molar-refractivity contribution in [3.63, 3.8) is 0 Å². The van der Waals surface area contributed by atoms with Crippen LogP contribution in [0.3, 0.4) is 0 Å². The number of alkyl halides is 3. The minimum atomic E-state index is -4.76. The van der Waals surface area contributed by atoms with E-state index in [2.05, 4.69) is 15.9 Å². The fourth-order valence-corrected chi connectivity index (χ4v) is 3.23. The van der Waals surface area contributed by atoms with E-state index >= 15 is 0 Å². The van der Waals surface area contributed by atoms with Crippen LogP contribution in [-0.4, -0.2) is 40.8 Å². The maximum Gasteiger partial charge on any atom is 0.416 e. The average Bonchev–Trinajstić information content (AvgIpc) is 3.10. The molecule has 4 nitrogen and oxygen atoms in total. The number of nitrogens with zero attached hydrogens (tertiary/aromatic N) is 1. The highest BCUT2D eigenvalue weighted by Crippen LogP contribution is 2.32. The zero-order valence-corrected chi connectivity index (χ0v) is 13.4. The van der Waals surface area contributed by atoms with Crippen LogP contribution in [0.2, 0.25) is 0 Å². The second-order valence-corrected chi connectivity index (χ2v) is 6.40. The van der Waals surface area contributed by atoms with Crippen molar-refractivity contribution in [1.82, 2.24) is 4.90 Å². The van der Waals surface area contributed by atoms with Gasteiger partial charge in [-0.3, -0.25) is 4.79 Å². The molecule has 2 heterocycles. The summed E-state index contributed by atoms with van der Waals surface area (Å²) in [5, 5.41) is 10.1. The van der Waals surface area contributed by atoms with Crippen molar-refractivity contribution >= 4 is 32.8 Å². The predicted octanol–water partition coefficient (Wildman–Crippen LogP) is 3.72. The lowest BCUT2D eigenvalue weighted by atomic mass is 10.1. The molecule has 1 aliphatic heterocycles. The number of aliphatic hydroxyl groups excluding tert-OH is 1. The number of amides is 1. The number of aliphatic hydroxyl groups is 1. The van der Waals surface area contributed by atoms with Crippen LogP contribution in [0.1, 0.15) is 23.4 Å². The lowest BCUT2D eigenvalue weighted by molar-refractivity contribution is -0.216. The van der Waals surface area contributed by atoms with E-state index < -0.39 is 24.2 Å². The maximum atomic E-state index is 12.7. The number of carbonyl (C=O) groups is 1. The molecule has 1 amide bonds. The summed E-state index contributed by atoms with van der Waals surface area (Å²) in [6.07, 6.45) is -6.78. The van der Waals surface area contributed by atoms with Gasteiger partial charge in [0.05, 0.1) is 6.04 Å². The number of likely N-dealkylation sites (tertiary alicyclic amines) is 1. The Hall–Kier alpha value is -1.54. The number of halogens is 4. The van der Waals surface area contributed by atoms with Gasteiger partial charge in [-0.05, 0) is 37.1 Å². The van der Waals surface area contributed by atoms with E-state index in [9.17, 15) is 23.1 Å². The third kappa shape index (κ3) is 3.10. The van der Waals surface area contributed by atoms with Crippen molar-refractivity contribution < 1.29 is 27.5 Å². The standard InChI is InChI=1S/C15H13BrF3NO3/c16-9-3-4-11-8(6-9)7-12(23-11)14(22)20-5-1-2-10(20)13(21)15(17,18)19/h3-4,6-7,10,13,21H,1-2,5H2/t10-,13-/m0/s1. The zero-order chi connectivity index (χ0) is 16.8. The molecule has 1 aliphatic rings. The first-order valence-corrected chi connectivity index (χ1v) is 7.81. The van der Waals surface area contributed by atoms with Gasteiger partial charge in [0, 0.05) is 16.4 Å². The molecule has 3 rings (SSSR count). The molecule has 1 aromatic carbocycles. The number of fused-ring (bicyclic) bond motifs is 1. The van der Waals surface area contributed by atoms with Gasteiger partial charge in [-0.15, -0.1) is 0 Å². The van der Waals surface area contributed by atoms with Crippen molar-refractivity contribution in [3.8, 4) is 0 Å². The van der Waals surface area contributed by atoms with Crippen LogP contribution in [0, 0.1) is 0 Å². The second kappa shape index (κ2) is 5.83. The molecule has 2 aromatic rings. The minimum Gasteiger partial charge on any atom is -0.451 e. The van der Waals surface area contributed by atoms with Gasteiger partial charge in [0.1, 0.15) is 5.58 Å². The molecule has 0 bridgehead atoms. The molecular weight excluding hydrogens is 379 g/mol. The van der Waals surface area contributed by atoms with Crippen LogP contribution in [0.4, 0.5) is 13.2 Å². The van der Waals surface area contributed by atoms with Gasteiger partial charge in [-0.25, -0.2) is 0 Å². The van der Waals surface area contributed by atoms with E-state index in [4.69, 9.17) is 4.42 Å². The number of hydrogen-bond acceptors (Lipinski definition) is 3. The van der Waals surface area contributed by atoms with Crippen molar-refractivity contribution in [2.75, 3.05) is 6.54 Å². The molecule has 8 heteroatoms. The van der Waals surface area contributed by atoms with E-state index in [0.29, 0.717) is 17.4 Å². The van der Waals surface area contributed by atoms with Gasteiger partial charge in [0.15, 0.2) is 11.9 Å². The lowest BCUT2D eigenvalue weighted by Gasteiger charge is -2.29. The van der Waals surface area contributed by atoms with E-state index in [-0.39, 0.29) is 18.7 Å². The summed E-state index contributed by atoms with van der Waals surface area (Å²) < 4.78 is 44.4. The smallest absolute Gasteiger partial charge is 0.416 e. The highest BCUT2D eigenvalue weighted by molar-refractivity contribution is 9.10. The molecule has 0 saturated carbocycles. The normalized spacial score (nSPS) is 20.2. The van der Waals surface area contributed by atoms with Crippen molar-refractivity contribution in [1.29, 1.82) is 0 Å². The Morgan fingerprint density at radius 3 is 2.83 bits per heavy atom. The Kier molecular flexibility index (Phi) is 4.14. The topological polar surface area (TPSA) is 53.7 Å². The van der Waals surface area contributed by atoms with Gasteiger partial charge in [0.25, 0.3) is 5.91 Å². The number of carbonyl (C=O) groups excluding carboxylic acids is 1. The van der Waals surface area contributed by atoms with Crippen LogP contribution < -0.4 is 0 Å². The van der Waals surface area contributed by atoms with Crippen LogP contribution in [0.25, 0.3) is 11.0 Å². The summed E-state index contributed by atoms with van der Waals surface area (Å²) >= 11 is 3.30. The predicted molar refractivity (Wildman–Crippen MR) is 80.0 cm³/mol. The Morgan fingerprint density at radius 1 is 1.39 bits per heavy atom. The number of benzene rings is 1. The van der Waals surface area contributed by atoms with Crippen molar-refractivity contribution in [3.05, 3.63) is 34.5 Å². The Labute approximate surface area is 138 Å². The van der Waals surface area contributed by atoms with E-state index in [1.165, 1.54) is 6.07 Å². The van der Waals surface area contributed by atoms with Crippen LogP contribution >= 0.6 is 15.9 Å². The first-order chi connectivity index (χ1) is 10.8. The summed E-state index contributed by atoms with van der Waals surface area (Å²) in [6.45, 7) is 0.164. The first-order valence-electron chi connectivity index (χ1n) is 7.02. The highest BCUT2D eigenvalue weighted by atomic mass is 79.9. The molecule has 0 unspecified atom stereocenters. The highest BCUT2D eigenvalue weighted by Gasteiger charge is 2.48. The molecule has 0 aliphatic carbocycles. The molecule has 0 radical (unpaired) electrons. The third-order valence-corrected chi connectivity index (χ3v) is 4.44. The second-order valence-electron chi connectivity index (χ2n) is 5.49. The maximum absolute atomic E-state index is 12.7. The van der Waals surface area contributed by atoms with Gasteiger partial charge in [0.2, 0.25) is 0 Å². The average molecular weight is 392 g/mol. The molecule has 2 atom stereocenters. The largest absolute Gasteiger partial charge is 0.451 e. The number of rotatable bonds is 2. The molecule has 23 heavy (non-hydrogen) atoms. The van der Waals surface area contributed by atoms with Crippen LogP contribution in [-0.2, 0) is 0 Å². The fraction of sp³-hybridized carbons (Fsp3) is 0.400. The summed E-state index contributed by atoms with van der Waals surface area (Å²) in [4.78, 5) is 13.5. The number of furan rings is 1. The molecular formula is C15H13BrF3NO3. The van der Waals surface area contributed by atoms with Gasteiger partial charge >= 0.3 is 6.18 Å². The van der Waals surface area contributed by atoms with Crippen LogP contribution in [0.5, 0.6) is 0 Å². The van der Waals surface area contributed by atoms with Crippen molar-refractivity contribution in [2.24, 2.45) is 0 Å². The third-order valence-electron chi connectivity index (χ3n) is 3.95. The molecule has 124 valence electrons. The minimum absolute atomic E-state index is 0.0284. The summed E-state index contributed by atoms with van der Waals surface area (Å²) in [7, 11) is 0. The summed E-state index contributed by atoms with van der Waals surface area (Å²) in [5.74, 6) is -0.664. The zero-order valence-electron chi connectivity index (χ0n) is 11.8. The van der Waals surface area contributed by atoms with Crippen LogP contribution in [0.15, 0.2) is 33.2 Å². The van der Waals surface area contributed by atoms with E-state index in [1.54, 1.807) is 18.2 Å². The summed E-state index contributed by atoms with van der Waals surface area (Å²) in [6, 6.07) is 5.38. The number of hydrogen-bond donors (Lipinski definition) is 1. The Morgan fingerprint density at radius 2 is 2.13 bits per heavy atom.